The van der Waals surface area contributed by atoms with E-state index in [1.165, 1.54) is 24.3 Å². The molecule has 21 heavy (non-hydrogen) atoms. The van der Waals surface area contributed by atoms with Gasteiger partial charge in [0.15, 0.2) is 0 Å². The van der Waals surface area contributed by atoms with Gasteiger partial charge in [0.1, 0.15) is 0 Å². The number of halogens is 3. The van der Waals surface area contributed by atoms with Crippen LogP contribution in [0.25, 0.3) is 0 Å². The smallest absolute Gasteiger partial charge is 0.366 e. The Hall–Kier alpha value is -2.25. The molecule has 108 valence electrons. The van der Waals surface area contributed by atoms with Gasteiger partial charge in [-0.15, -0.1) is 0 Å². The molecule has 0 heterocycles. The summed E-state index contributed by atoms with van der Waals surface area (Å²) in [6, 6.07) is 13.6. The summed E-state index contributed by atoms with van der Waals surface area (Å²) in [6.07, 6.45) is -4.88. The van der Waals surface area contributed by atoms with Crippen LogP contribution in [0.5, 0.6) is 0 Å². The summed E-state index contributed by atoms with van der Waals surface area (Å²) < 4.78 is 39.6. The average Bonchev–Trinajstić information content (AvgIpc) is 2.46. The fourth-order valence-corrected chi connectivity index (χ4v) is 1.79. The minimum absolute atomic E-state index is 0.294. The number of alkyl halides is 3. The van der Waals surface area contributed by atoms with E-state index in [1.54, 1.807) is 30.3 Å². The summed E-state index contributed by atoms with van der Waals surface area (Å²) in [5, 5.41) is 10.0. The summed E-state index contributed by atoms with van der Waals surface area (Å²) in [5.41, 5.74) is -2.08. The molecule has 0 aliphatic carbocycles. The quantitative estimate of drug-likeness (QED) is 0.792. The number of aryl methyl sites for hydroxylation is 1. The van der Waals surface area contributed by atoms with Gasteiger partial charge >= 0.3 is 6.18 Å². The van der Waals surface area contributed by atoms with E-state index >= 15 is 0 Å². The van der Waals surface area contributed by atoms with E-state index in [0.29, 0.717) is 5.56 Å². The zero-order chi connectivity index (χ0) is 15.5. The van der Waals surface area contributed by atoms with Gasteiger partial charge in [0, 0.05) is 11.1 Å². The van der Waals surface area contributed by atoms with Crippen LogP contribution in [0.2, 0.25) is 0 Å². The topological polar surface area (TPSA) is 20.2 Å². The second-order valence-electron chi connectivity index (χ2n) is 4.69. The maximum atomic E-state index is 13.2. The Morgan fingerprint density at radius 3 is 2.00 bits per heavy atom. The van der Waals surface area contributed by atoms with Gasteiger partial charge in [-0.25, -0.2) is 0 Å². The highest BCUT2D eigenvalue weighted by molar-refractivity contribution is 5.41. The molecular formula is C17H13F3O. The fraction of sp³-hybridized carbons (Fsp3) is 0.176. The Morgan fingerprint density at radius 2 is 1.48 bits per heavy atom. The van der Waals surface area contributed by atoms with E-state index in [2.05, 4.69) is 5.92 Å². The first-order valence-electron chi connectivity index (χ1n) is 6.27. The predicted molar refractivity (Wildman–Crippen MR) is 74.5 cm³/mol. The number of hydrogen-bond acceptors (Lipinski definition) is 1. The van der Waals surface area contributed by atoms with Gasteiger partial charge in [-0.1, -0.05) is 53.9 Å². The Labute approximate surface area is 121 Å². The lowest BCUT2D eigenvalue weighted by Gasteiger charge is -2.25. The molecule has 2 rings (SSSR count). The molecule has 4 heteroatoms. The molecule has 1 unspecified atom stereocenters. The van der Waals surface area contributed by atoms with Crippen molar-refractivity contribution in [2.24, 2.45) is 0 Å². The Morgan fingerprint density at radius 1 is 0.905 bits per heavy atom. The number of hydrogen-bond donors (Lipinski definition) is 1. The van der Waals surface area contributed by atoms with Crippen LogP contribution in [0.15, 0.2) is 54.6 Å². The monoisotopic (exact) mass is 290 g/mol. The summed E-state index contributed by atoms with van der Waals surface area (Å²) >= 11 is 0. The van der Waals surface area contributed by atoms with Gasteiger partial charge in [-0.05, 0) is 25.0 Å². The van der Waals surface area contributed by atoms with E-state index in [-0.39, 0.29) is 5.56 Å². The maximum absolute atomic E-state index is 13.2. The van der Waals surface area contributed by atoms with Crippen molar-refractivity contribution < 1.29 is 18.3 Å². The Balaban J connectivity index is 2.46. The van der Waals surface area contributed by atoms with Gasteiger partial charge in [-0.3, -0.25) is 0 Å². The normalized spacial score (nSPS) is 14.0. The van der Waals surface area contributed by atoms with Gasteiger partial charge in [0.25, 0.3) is 0 Å². The molecule has 0 radical (unpaired) electrons. The molecule has 0 amide bonds. The molecule has 0 aliphatic rings. The molecule has 0 saturated heterocycles. The second kappa shape index (κ2) is 5.63. The molecule has 2 aromatic rings. The summed E-state index contributed by atoms with van der Waals surface area (Å²) in [4.78, 5) is 0. The van der Waals surface area contributed by atoms with Gasteiger partial charge in [0.2, 0.25) is 5.60 Å². The molecule has 1 atom stereocenters. The van der Waals surface area contributed by atoms with Crippen LogP contribution < -0.4 is 0 Å². The molecule has 1 nitrogen and oxygen atoms in total. The van der Waals surface area contributed by atoms with Crippen LogP contribution >= 0.6 is 0 Å². The van der Waals surface area contributed by atoms with Crippen LogP contribution in [0.4, 0.5) is 13.2 Å². The first-order valence-corrected chi connectivity index (χ1v) is 6.27. The minimum Gasteiger partial charge on any atom is -0.366 e. The zero-order valence-corrected chi connectivity index (χ0v) is 11.3. The lowest BCUT2D eigenvalue weighted by Crippen LogP contribution is -2.41. The number of rotatable bonds is 1. The third kappa shape index (κ3) is 3.26. The number of aliphatic hydroxyl groups is 1. The summed E-state index contributed by atoms with van der Waals surface area (Å²) in [7, 11) is 0. The highest BCUT2D eigenvalue weighted by Crippen LogP contribution is 2.38. The zero-order valence-electron chi connectivity index (χ0n) is 11.3. The van der Waals surface area contributed by atoms with E-state index in [1.807, 2.05) is 12.8 Å². The molecule has 0 bridgehead atoms. The average molecular weight is 290 g/mol. The van der Waals surface area contributed by atoms with Crippen LogP contribution in [0, 0.1) is 18.8 Å². The van der Waals surface area contributed by atoms with Gasteiger partial charge in [0.05, 0.1) is 0 Å². The summed E-state index contributed by atoms with van der Waals surface area (Å²) in [6.45, 7) is 1.87. The van der Waals surface area contributed by atoms with Crippen LogP contribution in [-0.2, 0) is 5.60 Å². The van der Waals surface area contributed by atoms with Crippen molar-refractivity contribution in [3.05, 3.63) is 71.3 Å². The van der Waals surface area contributed by atoms with Crippen LogP contribution in [-0.4, -0.2) is 11.3 Å². The van der Waals surface area contributed by atoms with E-state index in [9.17, 15) is 18.3 Å². The molecule has 0 aliphatic heterocycles. The lowest BCUT2D eigenvalue weighted by atomic mass is 9.93. The second-order valence-corrected chi connectivity index (χ2v) is 4.69. The van der Waals surface area contributed by atoms with Gasteiger partial charge in [-0.2, -0.15) is 13.2 Å². The van der Waals surface area contributed by atoms with Gasteiger partial charge < -0.3 is 5.11 Å². The van der Waals surface area contributed by atoms with E-state index in [4.69, 9.17) is 0 Å². The third-order valence-electron chi connectivity index (χ3n) is 3.04. The van der Waals surface area contributed by atoms with Crippen molar-refractivity contribution in [3.63, 3.8) is 0 Å². The predicted octanol–water partition coefficient (Wildman–Crippen LogP) is 3.80. The highest BCUT2D eigenvalue weighted by Gasteiger charge is 2.54. The fourth-order valence-electron chi connectivity index (χ4n) is 1.79. The molecule has 2 aromatic carbocycles. The first-order chi connectivity index (χ1) is 9.83. The number of benzene rings is 2. The van der Waals surface area contributed by atoms with Crippen molar-refractivity contribution in [1.29, 1.82) is 0 Å². The molecule has 0 aromatic heterocycles. The van der Waals surface area contributed by atoms with Crippen molar-refractivity contribution in [1.82, 2.24) is 0 Å². The molecule has 1 N–H and O–H groups in total. The van der Waals surface area contributed by atoms with Crippen molar-refractivity contribution >= 4 is 0 Å². The maximum Gasteiger partial charge on any atom is 0.433 e. The van der Waals surface area contributed by atoms with Crippen molar-refractivity contribution in [2.75, 3.05) is 0 Å². The van der Waals surface area contributed by atoms with E-state index in [0.717, 1.165) is 5.56 Å². The first kappa shape index (κ1) is 15.1. The summed E-state index contributed by atoms with van der Waals surface area (Å²) in [5.74, 6) is 4.37. The Bertz CT molecular complexity index is 663. The highest BCUT2D eigenvalue weighted by atomic mass is 19.4. The largest absolute Gasteiger partial charge is 0.433 e. The molecule has 0 spiro atoms. The van der Waals surface area contributed by atoms with Crippen molar-refractivity contribution in [3.8, 4) is 11.8 Å². The van der Waals surface area contributed by atoms with Crippen molar-refractivity contribution in [2.45, 2.75) is 18.7 Å². The molecule has 0 saturated carbocycles. The lowest BCUT2D eigenvalue weighted by molar-refractivity contribution is -0.240. The standard InChI is InChI=1S/C17H13F3O/c1-13-7-9-14(10-8-13)11-12-16(21,17(18,19)20)15-5-3-2-4-6-15/h2-10,21H,1H3. The molecule has 0 fully saturated rings. The van der Waals surface area contributed by atoms with Crippen LogP contribution in [0.1, 0.15) is 16.7 Å². The van der Waals surface area contributed by atoms with E-state index < -0.39 is 11.8 Å². The van der Waals surface area contributed by atoms with Crippen LogP contribution in [0.3, 0.4) is 0 Å². The third-order valence-corrected chi connectivity index (χ3v) is 3.04. The SMILES string of the molecule is Cc1ccc(C#CC(O)(c2ccccc2)C(F)(F)F)cc1. The Kier molecular flexibility index (Phi) is 4.06. The minimum atomic E-state index is -4.88. The molecular weight excluding hydrogens is 277 g/mol.